The van der Waals surface area contributed by atoms with Crippen LogP contribution in [0.15, 0.2) is 54.1 Å². The number of rotatable bonds is 3. The molecule has 0 saturated heterocycles. The standard InChI is InChI=1S/C12H13N/c1-10(2)9-13-11(3)12-7-5-4-6-8-12/h4-9H,1,3H2,2H3/b13-9-. The van der Waals surface area contributed by atoms with Crippen molar-refractivity contribution in [2.75, 3.05) is 0 Å². The van der Waals surface area contributed by atoms with E-state index >= 15 is 0 Å². The van der Waals surface area contributed by atoms with Gasteiger partial charge in [0.1, 0.15) is 0 Å². The second kappa shape index (κ2) is 4.41. The Kier molecular flexibility index (Phi) is 3.21. The van der Waals surface area contributed by atoms with E-state index in [2.05, 4.69) is 18.2 Å². The maximum absolute atomic E-state index is 4.17. The van der Waals surface area contributed by atoms with Crippen molar-refractivity contribution < 1.29 is 0 Å². The van der Waals surface area contributed by atoms with Gasteiger partial charge in [-0.1, -0.05) is 43.5 Å². The number of allylic oxidation sites excluding steroid dienone is 1. The van der Waals surface area contributed by atoms with Crippen LogP contribution in [0.3, 0.4) is 0 Å². The number of aliphatic imine (C=N–C) groups is 1. The van der Waals surface area contributed by atoms with Crippen molar-refractivity contribution in [2.24, 2.45) is 4.99 Å². The highest BCUT2D eigenvalue weighted by atomic mass is 14.7. The van der Waals surface area contributed by atoms with Gasteiger partial charge in [-0.3, -0.25) is 4.99 Å². The molecule has 1 aromatic rings. The van der Waals surface area contributed by atoms with Crippen molar-refractivity contribution in [2.45, 2.75) is 6.92 Å². The van der Waals surface area contributed by atoms with Crippen LogP contribution in [0.2, 0.25) is 0 Å². The summed E-state index contributed by atoms with van der Waals surface area (Å²) in [6.45, 7) is 9.49. The predicted octanol–water partition coefficient (Wildman–Crippen LogP) is 3.30. The molecule has 13 heavy (non-hydrogen) atoms. The second-order valence-electron chi connectivity index (χ2n) is 2.92. The normalized spacial score (nSPS) is 10.2. The van der Waals surface area contributed by atoms with Crippen LogP contribution in [0.1, 0.15) is 12.5 Å². The van der Waals surface area contributed by atoms with E-state index in [1.807, 2.05) is 37.3 Å². The molecule has 1 heteroatoms. The fraction of sp³-hybridized carbons (Fsp3) is 0.0833. The zero-order chi connectivity index (χ0) is 9.68. The fourth-order valence-corrected chi connectivity index (χ4v) is 0.893. The SMILES string of the molecule is C=C(C)/C=N\C(=C)c1ccccc1. The molecule has 0 aromatic heterocycles. The van der Waals surface area contributed by atoms with Gasteiger partial charge < -0.3 is 0 Å². The zero-order valence-corrected chi connectivity index (χ0v) is 7.83. The average molecular weight is 171 g/mol. The average Bonchev–Trinajstić information content (AvgIpc) is 2.15. The molecule has 0 heterocycles. The van der Waals surface area contributed by atoms with Gasteiger partial charge in [-0.15, -0.1) is 0 Å². The number of hydrogen-bond donors (Lipinski definition) is 0. The molecule has 0 N–H and O–H groups in total. The highest BCUT2D eigenvalue weighted by Crippen LogP contribution is 2.12. The van der Waals surface area contributed by atoms with Crippen LogP contribution in [0.4, 0.5) is 0 Å². The minimum absolute atomic E-state index is 0.767. The first-order valence-electron chi connectivity index (χ1n) is 4.14. The smallest absolute Gasteiger partial charge is 0.0630 e. The molecule has 0 fully saturated rings. The van der Waals surface area contributed by atoms with E-state index in [0.717, 1.165) is 16.8 Å². The lowest BCUT2D eigenvalue weighted by Gasteiger charge is -1.97. The van der Waals surface area contributed by atoms with Crippen LogP contribution in [-0.4, -0.2) is 6.21 Å². The van der Waals surface area contributed by atoms with Gasteiger partial charge in [0.05, 0.1) is 5.70 Å². The van der Waals surface area contributed by atoms with Crippen molar-refractivity contribution in [3.05, 3.63) is 54.6 Å². The molecule has 1 rings (SSSR count). The third-order valence-corrected chi connectivity index (χ3v) is 1.55. The van der Waals surface area contributed by atoms with Crippen molar-refractivity contribution in [1.82, 2.24) is 0 Å². The Hall–Kier alpha value is -1.63. The van der Waals surface area contributed by atoms with Crippen LogP contribution in [-0.2, 0) is 0 Å². The Morgan fingerprint density at radius 3 is 2.38 bits per heavy atom. The van der Waals surface area contributed by atoms with Gasteiger partial charge in [0.25, 0.3) is 0 Å². The first kappa shape index (κ1) is 9.46. The number of hydrogen-bond acceptors (Lipinski definition) is 1. The summed E-state index contributed by atoms with van der Waals surface area (Å²) in [5.41, 5.74) is 2.74. The quantitative estimate of drug-likeness (QED) is 0.619. The molecule has 0 bridgehead atoms. The van der Waals surface area contributed by atoms with Crippen LogP contribution in [0, 0.1) is 0 Å². The van der Waals surface area contributed by atoms with E-state index in [4.69, 9.17) is 0 Å². The lowest BCUT2D eigenvalue weighted by molar-refractivity contribution is 1.51. The zero-order valence-electron chi connectivity index (χ0n) is 7.83. The molecule has 0 aliphatic heterocycles. The molecular formula is C12H13N. The predicted molar refractivity (Wildman–Crippen MR) is 58.8 cm³/mol. The van der Waals surface area contributed by atoms with Crippen molar-refractivity contribution >= 4 is 11.9 Å². The molecule has 0 radical (unpaired) electrons. The van der Waals surface area contributed by atoms with Gasteiger partial charge in [-0.05, 0) is 18.1 Å². The Labute approximate surface area is 79.1 Å². The largest absolute Gasteiger partial charge is 0.257 e. The summed E-state index contributed by atoms with van der Waals surface area (Å²) in [5, 5.41) is 0. The van der Waals surface area contributed by atoms with Gasteiger partial charge in [0, 0.05) is 6.21 Å². The molecular weight excluding hydrogens is 158 g/mol. The first-order chi connectivity index (χ1) is 6.20. The molecule has 0 amide bonds. The topological polar surface area (TPSA) is 12.4 Å². The maximum atomic E-state index is 4.17. The highest BCUT2D eigenvalue weighted by molar-refractivity contribution is 5.82. The first-order valence-corrected chi connectivity index (χ1v) is 4.14. The molecule has 0 aliphatic rings. The lowest BCUT2D eigenvalue weighted by Crippen LogP contribution is -1.80. The highest BCUT2D eigenvalue weighted by Gasteiger charge is 1.92. The van der Waals surface area contributed by atoms with E-state index < -0.39 is 0 Å². The lowest BCUT2D eigenvalue weighted by atomic mass is 10.2. The fourth-order valence-electron chi connectivity index (χ4n) is 0.893. The summed E-state index contributed by atoms with van der Waals surface area (Å²) in [7, 11) is 0. The van der Waals surface area contributed by atoms with Crippen LogP contribution in [0.5, 0.6) is 0 Å². The second-order valence-corrected chi connectivity index (χ2v) is 2.92. The molecule has 0 aliphatic carbocycles. The Balaban J connectivity index is 2.76. The minimum Gasteiger partial charge on any atom is -0.257 e. The minimum atomic E-state index is 0.767. The van der Waals surface area contributed by atoms with Gasteiger partial charge in [-0.25, -0.2) is 0 Å². The monoisotopic (exact) mass is 171 g/mol. The van der Waals surface area contributed by atoms with Crippen molar-refractivity contribution in [3.63, 3.8) is 0 Å². The summed E-state index contributed by atoms with van der Waals surface area (Å²) in [4.78, 5) is 4.17. The molecule has 0 saturated carbocycles. The van der Waals surface area contributed by atoms with E-state index in [0.29, 0.717) is 0 Å². The van der Waals surface area contributed by atoms with E-state index in [1.165, 1.54) is 0 Å². The molecule has 66 valence electrons. The maximum Gasteiger partial charge on any atom is 0.0630 e. The van der Waals surface area contributed by atoms with Crippen molar-refractivity contribution in [3.8, 4) is 0 Å². The number of benzene rings is 1. The molecule has 0 spiro atoms. The Bertz CT molecular complexity index is 333. The number of nitrogens with zero attached hydrogens (tertiary/aromatic N) is 1. The molecule has 0 atom stereocenters. The summed E-state index contributed by atoms with van der Waals surface area (Å²) in [6, 6.07) is 9.88. The summed E-state index contributed by atoms with van der Waals surface area (Å²) in [5.74, 6) is 0. The van der Waals surface area contributed by atoms with E-state index in [9.17, 15) is 0 Å². The third-order valence-electron chi connectivity index (χ3n) is 1.55. The van der Waals surface area contributed by atoms with E-state index in [-0.39, 0.29) is 0 Å². The summed E-state index contributed by atoms with van der Waals surface area (Å²) < 4.78 is 0. The summed E-state index contributed by atoms with van der Waals surface area (Å²) >= 11 is 0. The van der Waals surface area contributed by atoms with E-state index in [1.54, 1.807) is 6.21 Å². The molecule has 0 unspecified atom stereocenters. The summed E-state index contributed by atoms with van der Waals surface area (Å²) in [6.07, 6.45) is 1.72. The van der Waals surface area contributed by atoms with Gasteiger partial charge >= 0.3 is 0 Å². The Morgan fingerprint density at radius 2 is 1.85 bits per heavy atom. The van der Waals surface area contributed by atoms with Crippen LogP contribution in [0.25, 0.3) is 5.70 Å². The molecule has 1 aromatic carbocycles. The van der Waals surface area contributed by atoms with Crippen LogP contribution < -0.4 is 0 Å². The van der Waals surface area contributed by atoms with Crippen LogP contribution >= 0.6 is 0 Å². The van der Waals surface area contributed by atoms with Crippen molar-refractivity contribution in [1.29, 1.82) is 0 Å². The molecule has 1 nitrogen and oxygen atoms in total. The third kappa shape index (κ3) is 3.08. The van der Waals surface area contributed by atoms with Gasteiger partial charge in [-0.2, -0.15) is 0 Å². The van der Waals surface area contributed by atoms with Gasteiger partial charge in [0.2, 0.25) is 0 Å². The Morgan fingerprint density at radius 1 is 1.23 bits per heavy atom. The van der Waals surface area contributed by atoms with Gasteiger partial charge in [0.15, 0.2) is 0 Å².